The molecule has 0 aliphatic carbocycles. The van der Waals surface area contributed by atoms with Crippen molar-refractivity contribution in [3.8, 4) is 0 Å². The van der Waals surface area contributed by atoms with Gasteiger partial charge < -0.3 is 15.1 Å². The maximum atomic E-state index is 11.6. The van der Waals surface area contributed by atoms with E-state index in [-0.39, 0.29) is 35.8 Å². The smallest absolute Gasteiger partial charge is 0.392 e. The van der Waals surface area contributed by atoms with Crippen LogP contribution in [0.15, 0.2) is 33.5 Å². The molecule has 0 spiro atoms. The van der Waals surface area contributed by atoms with Gasteiger partial charge in [-0.15, -0.1) is 29.9 Å². The van der Waals surface area contributed by atoms with E-state index < -0.39 is 5.76 Å². The van der Waals surface area contributed by atoms with E-state index in [1.54, 1.807) is 0 Å². The van der Waals surface area contributed by atoms with E-state index in [2.05, 4.69) is 46.7 Å². The van der Waals surface area contributed by atoms with Gasteiger partial charge in [-0.1, -0.05) is 6.07 Å². The van der Waals surface area contributed by atoms with Crippen molar-refractivity contribution in [3.05, 3.63) is 52.1 Å². The number of halogens is 2. The van der Waals surface area contributed by atoms with Gasteiger partial charge >= 0.3 is 5.76 Å². The quantitative estimate of drug-likeness (QED) is 0.508. The minimum Gasteiger partial charge on any atom is -0.392 e. The normalized spacial score (nSPS) is 15.5. The second kappa shape index (κ2) is 10.1. The first kappa shape index (κ1) is 25.9. The van der Waals surface area contributed by atoms with Gasteiger partial charge in [-0.05, 0) is 65.8 Å². The van der Waals surface area contributed by atoms with Crippen LogP contribution in [0.25, 0.3) is 0 Å². The molecule has 4 rings (SSSR count). The molecule has 0 amide bonds. The number of nitrogens with zero attached hydrogens (tertiary/aromatic N) is 4. The Hall–Kier alpha value is -2.36. The topological polar surface area (TPSA) is 114 Å². The minimum atomic E-state index is -0.517. The molecule has 176 valence electrons. The van der Waals surface area contributed by atoms with E-state index in [9.17, 15) is 4.79 Å². The number of piperidine rings is 1. The molecule has 1 aliphatic heterocycles. The second-order valence-electron chi connectivity index (χ2n) is 9.02. The number of pyridine rings is 1. The summed E-state index contributed by atoms with van der Waals surface area (Å²) in [5, 5.41) is 18.0. The lowest BCUT2D eigenvalue weighted by Gasteiger charge is -2.34. The van der Waals surface area contributed by atoms with Crippen LogP contribution < -0.4 is 16.4 Å². The van der Waals surface area contributed by atoms with Gasteiger partial charge in [0, 0.05) is 18.2 Å². The zero-order chi connectivity index (χ0) is 21.4. The van der Waals surface area contributed by atoms with Crippen molar-refractivity contribution in [1.29, 1.82) is 0 Å². The highest BCUT2D eigenvalue weighted by molar-refractivity contribution is 5.85. The third-order valence-corrected chi connectivity index (χ3v) is 5.50. The van der Waals surface area contributed by atoms with Crippen LogP contribution in [0.2, 0.25) is 0 Å². The van der Waals surface area contributed by atoms with Crippen molar-refractivity contribution in [2.45, 2.75) is 57.9 Å². The van der Waals surface area contributed by atoms with Crippen LogP contribution in [0.1, 0.15) is 50.9 Å². The van der Waals surface area contributed by atoms with Gasteiger partial charge in [0.2, 0.25) is 5.89 Å². The Kier molecular flexibility index (Phi) is 8.14. The monoisotopic (exact) mass is 483 g/mol. The predicted molar refractivity (Wildman–Crippen MR) is 129 cm³/mol. The third kappa shape index (κ3) is 5.51. The number of hydrogen-bond acceptors (Lipinski definition) is 7. The number of hydrogen-bond donors (Lipinski definition) is 3. The number of H-pyrrole nitrogens is 1. The Labute approximate surface area is 199 Å². The molecule has 3 N–H and O–H groups in total. The van der Waals surface area contributed by atoms with Crippen molar-refractivity contribution in [2.24, 2.45) is 0 Å². The largest absolute Gasteiger partial charge is 0.434 e. The molecule has 0 atom stereocenters. The average Bonchev–Trinajstić information content (AvgIpc) is 3.28. The summed E-state index contributed by atoms with van der Waals surface area (Å²) in [6.07, 6.45) is 2.31. The molecule has 0 radical (unpaired) electrons. The Morgan fingerprint density at radius 1 is 1.22 bits per heavy atom. The van der Waals surface area contributed by atoms with Crippen molar-refractivity contribution in [1.82, 2.24) is 30.3 Å². The molecule has 3 aromatic heterocycles. The molecular formula is C21H31Cl2N7O2. The molecule has 1 saturated heterocycles. The number of rotatable bonds is 5. The summed E-state index contributed by atoms with van der Waals surface area (Å²) in [5.41, 5.74) is 1.38. The van der Waals surface area contributed by atoms with Gasteiger partial charge in [-0.25, -0.2) is 19.6 Å². The average molecular weight is 484 g/mol. The Balaban J connectivity index is 0.00000181. The van der Waals surface area contributed by atoms with Crippen molar-refractivity contribution in [2.75, 3.05) is 18.4 Å². The van der Waals surface area contributed by atoms with Gasteiger partial charge in [0.1, 0.15) is 11.6 Å². The zero-order valence-electron chi connectivity index (χ0n) is 18.8. The number of nitrogens with one attached hydrogen (secondary N) is 3. The summed E-state index contributed by atoms with van der Waals surface area (Å²) in [4.78, 5) is 16.4. The third-order valence-electron chi connectivity index (χ3n) is 5.50. The first-order valence-electron chi connectivity index (χ1n) is 10.3. The summed E-state index contributed by atoms with van der Waals surface area (Å²) in [5.74, 6) is 1.61. The van der Waals surface area contributed by atoms with Gasteiger partial charge in [0.15, 0.2) is 0 Å². The summed E-state index contributed by atoms with van der Waals surface area (Å²) in [6, 6.07) is 7.96. The minimum absolute atomic E-state index is 0. The van der Waals surface area contributed by atoms with E-state index in [1.165, 1.54) is 0 Å². The summed E-state index contributed by atoms with van der Waals surface area (Å²) in [7, 11) is 0. The first-order chi connectivity index (χ1) is 14.2. The SMILES string of the molecule is Cc1cc(Nc2cccc(CC3(c4n[nH]c(=O)o4)CCNCC3)n2)n(C(C)(C)C)n1.Cl.Cl. The van der Waals surface area contributed by atoms with Gasteiger partial charge in [-0.3, -0.25) is 0 Å². The summed E-state index contributed by atoms with van der Waals surface area (Å²) in [6.45, 7) is 10.0. The summed E-state index contributed by atoms with van der Waals surface area (Å²) >= 11 is 0. The maximum Gasteiger partial charge on any atom is 0.434 e. The van der Waals surface area contributed by atoms with Crippen LogP contribution >= 0.6 is 24.8 Å². The van der Waals surface area contributed by atoms with E-state index in [0.29, 0.717) is 12.3 Å². The Morgan fingerprint density at radius 2 is 1.94 bits per heavy atom. The fourth-order valence-corrected chi connectivity index (χ4v) is 4.05. The molecule has 11 heteroatoms. The highest BCUT2D eigenvalue weighted by atomic mass is 35.5. The highest BCUT2D eigenvalue weighted by Crippen LogP contribution is 2.35. The van der Waals surface area contributed by atoms with Crippen LogP contribution in [-0.2, 0) is 17.4 Å². The van der Waals surface area contributed by atoms with Crippen LogP contribution in [0.5, 0.6) is 0 Å². The molecular weight excluding hydrogens is 453 g/mol. The highest BCUT2D eigenvalue weighted by Gasteiger charge is 2.39. The predicted octanol–water partition coefficient (Wildman–Crippen LogP) is 3.47. The van der Waals surface area contributed by atoms with Gasteiger partial charge in [-0.2, -0.15) is 5.10 Å². The fraction of sp³-hybridized carbons (Fsp3) is 0.524. The molecule has 9 nitrogen and oxygen atoms in total. The Morgan fingerprint density at radius 3 is 2.56 bits per heavy atom. The lowest BCUT2D eigenvalue weighted by molar-refractivity contribution is 0.238. The van der Waals surface area contributed by atoms with E-state index in [4.69, 9.17) is 9.40 Å². The maximum absolute atomic E-state index is 11.6. The second-order valence-corrected chi connectivity index (χ2v) is 9.02. The molecule has 0 aromatic carbocycles. The molecule has 3 aromatic rings. The molecule has 32 heavy (non-hydrogen) atoms. The number of aromatic amines is 1. The lowest BCUT2D eigenvalue weighted by atomic mass is 9.75. The van der Waals surface area contributed by atoms with Crippen molar-refractivity contribution < 1.29 is 4.42 Å². The molecule has 1 fully saturated rings. The molecule has 0 bridgehead atoms. The standard InChI is InChI=1S/C21H29N7O2.2ClH/c1-14-12-17(28(27-14)20(2,3)4)24-16-7-5-6-15(23-16)13-21(8-10-22-11-9-21)18-25-26-19(29)30-18;;/h5-7,12,22H,8-11,13H2,1-4H3,(H,23,24)(H,26,29);2*1H. The molecule has 4 heterocycles. The van der Waals surface area contributed by atoms with Gasteiger partial charge in [0.25, 0.3) is 0 Å². The van der Waals surface area contributed by atoms with E-state index >= 15 is 0 Å². The van der Waals surface area contributed by atoms with E-state index in [1.807, 2.05) is 35.9 Å². The lowest BCUT2D eigenvalue weighted by Crippen LogP contribution is -2.42. The fourth-order valence-electron chi connectivity index (χ4n) is 4.05. The molecule has 0 unspecified atom stereocenters. The van der Waals surface area contributed by atoms with Crippen molar-refractivity contribution in [3.63, 3.8) is 0 Å². The number of anilines is 2. The van der Waals surface area contributed by atoms with E-state index in [0.717, 1.165) is 49.0 Å². The molecule has 1 aliphatic rings. The number of aromatic nitrogens is 5. The summed E-state index contributed by atoms with van der Waals surface area (Å²) < 4.78 is 7.35. The van der Waals surface area contributed by atoms with Crippen LogP contribution in [0, 0.1) is 6.92 Å². The molecule has 0 saturated carbocycles. The zero-order valence-corrected chi connectivity index (χ0v) is 20.4. The Bertz CT molecular complexity index is 1080. The van der Waals surface area contributed by atoms with Crippen molar-refractivity contribution >= 4 is 36.4 Å². The first-order valence-corrected chi connectivity index (χ1v) is 10.3. The number of aryl methyl sites for hydroxylation is 1. The van der Waals surface area contributed by atoms with Crippen LogP contribution in [-0.4, -0.2) is 38.1 Å². The van der Waals surface area contributed by atoms with Gasteiger partial charge in [0.05, 0.1) is 16.6 Å². The van der Waals surface area contributed by atoms with Crippen LogP contribution in [0.3, 0.4) is 0 Å². The van der Waals surface area contributed by atoms with Crippen LogP contribution in [0.4, 0.5) is 11.6 Å².